The first kappa shape index (κ1) is 13.4. The lowest BCUT2D eigenvalue weighted by atomic mass is 10.1. The second-order valence-electron chi connectivity index (χ2n) is 4.44. The predicted octanol–water partition coefficient (Wildman–Crippen LogP) is 3.15. The van der Waals surface area contributed by atoms with Crippen molar-refractivity contribution in [2.75, 3.05) is 18.1 Å². The summed E-state index contributed by atoms with van der Waals surface area (Å²) in [6.45, 7) is 4.97. The van der Waals surface area contributed by atoms with E-state index in [4.69, 9.17) is 4.74 Å². The number of benzene rings is 1. The number of fused-ring (bicyclic) bond motifs is 1. The smallest absolute Gasteiger partial charge is 0.265 e. The van der Waals surface area contributed by atoms with Crippen molar-refractivity contribution >= 4 is 27.5 Å². The van der Waals surface area contributed by atoms with Crippen molar-refractivity contribution in [3.63, 3.8) is 0 Å². The van der Waals surface area contributed by atoms with Gasteiger partial charge in [-0.3, -0.25) is 4.79 Å². The quantitative estimate of drug-likeness (QED) is 0.799. The molecule has 4 heteroatoms. The molecule has 0 radical (unpaired) electrons. The lowest BCUT2D eigenvalue weighted by Gasteiger charge is -2.29. The third kappa shape index (κ3) is 2.69. The molecule has 1 aromatic rings. The van der Waals surface area contributed by atoms with Gasteiger partial charge in [-0.15, -0.1) is 0 Å². The number of halogens is 1. The van der Waals surface area contributed by atoms with Gasteiger partial charge in [0.05, 0.1) is 5.69 Å². The molecule has 1 aliphatic rings. The van der Waals surface area contributed by atoms with E-state index in [1.54, 1.807) is 4.90 Å². The maximum absolute atomic E-state index is 11.8. The van der Waals surface area contributed by atoms with Gasteiger partial charge in [0.15, 0.2) is 6.61 Å². The number of hydrogen-bond donors (Lipinski definition) is 0. The van der Waals surface area contributed by atoms with Gasteiger partial charge < -0.3 is 9.64 Å². The molecule has 0 bridgehead atoms. The predicted molar refractivity (Wildman–Crippen MR) is 76.7 cm³/mol. The van der Waals surface area contributed by atoms with Crippen LogP contribution in [0.5, 0.6) is 5.75 Å². The third-order valence-electron chi connectivity index (χ3n) is 3.18. The highest BCUT2D eigenvalue weighted by Gasteiger charge is 2.24. The van der Waals surface area contributed by atoms with Crippen LogP contribution in [-0.2, 0) is 11.2 Å². The highest BCUT2D eigenvalue weighted by molar-refractivity contribution is 9.09. The van der Waals surface area contributed by atoms with Crippen molar-refractivity contribution in [2.45, 2.75) is 31.5 Å². The first-order valence-corrected chi connectivity index (χ1v) is 7.27. The normalized spacial score (nSPS) is 16.2. The van der Waals surface area contributed by atoms with Crippen LogP contribution in [0.4, 0.5) is 5.69 Å². The standard InChI is InChI=1S/C14H18BrNO2/c1-3-11(15)7-10-5-6-13-12(8-10)16(4-2)14(17)9-18-13/h5-6,8,11H,3-4,7,9H2,1-2H3. The monoisotopic (exact) mass is 311 g/mol. The summed E-state index contributed by atoms with van der Waals surface area (Å²) in [5.41, 5.74) is 2.14. The Morgan fingerprint density at radius 2 is 2.22 bits per heavy atom. The third-order valence-corrected chi connectivity index (χ3v) is 4.15. The average molecular weight is 312 g/mol. The second-order valence-corrected chi connectivity index (χ2v) is 5.73. The molecule has 18 heavy (non-hydrogen) atoms. The lowest BCUT2D eigenvalue weighted by Crippen LogP contribution is -2.38. The van der Waals surface area contributed by atoms with E-state index in [1.807, 2.05) is 13.0 Å². The molecule has 0 spiro atoms. The van der Waals surface area contributed by atoms with Crippen LogP contribution < -0.4 is 9.64 Å². The zero-order valence-corrected chi connectivity index (χ0v) is 12.4. The minimum atomic E-state index is 0.0352. The topological polar surface area (TPSA) is 29.5 Å². The fourth-order valence-corrected chi connectivity index (χ4v) is 2.50. The Labute approximate surface area is 116 Å². The molecule has 1 aliphatic heterocycles. The first-order valence-electron chi connectivity index (χ1n) is 6.35. The van der Waals surface area contributed by atoms with Gasteiger partial charge in [0.1, 0.15) is 5.75 Å². The van der Waals surface area contributed by atoms with Crippen LogP contribution in [0, 0.1) is 0 Å². The Hall–Kier alpha value is -1.03. The maximum atomic E-state index is 11.8. The number of ether oxygens (including phenoxy) is 1. The maximum Gasteiger partial charge on any atom is 0.265 e. The van der Waals surface area contributed by atoms with Gasteiger partial charge in [-0.1, -0.05) is 28.9 Å². The zero-order chi connectivity index (χ0) is 13.1. The van der Waals surface area contributed by atoms with Gasteiger partial charge in [0.2, 0.25) is 0 Å². The molecule has 0 aromatic heterocycles. The van der Waals surface area contributed by atoms with Gasteiger partial charge in [-0.05, 0) is 37.5 Å². The minimum Gasteiger partial charge on any atom is -0.482 e. The molecule has 0 saturated heterocycles. The second kappa shape index (κ2) is 5.74. The molecule has 98 valence electrons. The molecule has 0 aliphatic carbocycles. The van der Waals surface area contributed by atoms with E-state index in [0.29, 0.717) is 11.4 Å². The fraction of sp³-hybridized carbons (Fsp3) is 0.500. The SMILES string of the molecule is CCC(Br)Cc1ccc2c(c1)N(CC)C(=O)CO2. The summed E-state index contributed by atoms with van der Waals surface area (Å²) in [5.74, 6) is 0.843. The number of rotatable bonds is 4. The summed E-state index contributed by atoms with van der Waals surface area (Å²) in [6.07, 6.45) is 2.06. The van der Waals surface area contributed by atoms with Gasteiger partial charge in [-0.25, -0.2) is 0 Å². The van der Waals surface area contributed by atoms with Crippen LogP contribution in [0.1, 0.15) is 25.8 Å². The van der Waals surface area contributed by atoms with Crippen molar-refractivity contribution in [2.24, 2.45) is 0 Å². The summed E-state index contributed by atoms with van der Waals surface area (Å²) in [5, 5.41) is 0. The van der Waals surface area contributed by atoms with E-state index in [2.05, 4.69) is 35.0 Å². The summed E-state index contributed by atoms with van der Waals surface area (Å²) in [4.78, 5) is 14.0. The van der Waals surface area contributed by atoms with Crippen LogP contribution in [0.2, 0.25) is 0 Å². The summed E-state index contributed by atoms with van der Waals surface area (Å²) >= 11 is 3.64. The minimum absolute atomic E-state index is 0.0352. The van der Waals surface area contributed by atoms with Crippen molar-refractivity contribution in [1.29, 1.82) is 0 Å². The van der Waals surface area contributed by atoms with Crippen LogP contribution in [0.15, 0.2) is 18.2 Å². The highest BCUT2D eigenvalue weighted by Crippen LogP contribution is 2.33. The lowest BCUT2D eigenvalue weighted by molar-refractivity contribution is -0.121. The highest BCUT2D eigenvalue weighted by atomic mass is 79.9. The van der Waals surface area contributed by atoms with E-state index in [0.717, 1.165) is 24.3 Å². The van der Waals surface area contributed by atoms with Gasteiger partial charge in [0, 0.05) is 11.4 Å². The van der Waals surface area contributed by atoms with E-state index >= 15 is 0 Å². The van der Waals surface area contributed by atoms with Crippen molar-refractivity contribution in [3.05, 3.63) is 23.8 Å². The Kier molecular flexibility index (Phi) is 4.27. The van der Waals surface area contributed by atoms with Gasteiger partial charge in [0.25, 0.3) is 5.91 Å². The molecule has 1 unspecified atom stereocenters. The number of hydrogen-bond acceptors (Lipinski definition) is 2. The molecule has 1 amide bonds. The Bertz CT molecular complexity index is 447. The number of nitrogens with zero attached hydrogens (tertiary/aromatic N) is 1. The van der Waals surface area contributed by atoms with Crippen molar-refractivity contribution in [3.8, 4) is 5.75 Å². The van der Waals surface area contributed by atoms with E-state index in [1.165, 1.54) is 5.56 Å². The van der Waals surface area contributed by atoms with Crippen LogP contribution in [-0.4, -0.2) is 23.9 Å². The number of amides is 1. The molecular formula is C14H18BrNO2. The molecule has 1 heterocycles. The molecular weight excluding hydrogens is 294 g/mol. The number of likely N-dealkylation sites (N-methyl/N-ethyl adjacent to an activating group) is 1. The van der Waals surface area contributed by atoms with E-state index in [9.17, 15) is 4.79 Å². The number of carbonyl (C=O) groups excluding carboxylic acids is 1. The largest absolute Gasteiger partial charge is 0.482 e. The summed E-state index contributed by atoms with van der Waals surface area (Å²) in [6, 6.07) is 6.11. The van der Waals surface area contributed by atoms with Gasteiger partial charge in [-0.2, -0.15) is 0 Å². The Balaban J connectivity index is 2.29. The van der Waals surface area contributed by atoms with E-state index < -0.39 is 0 Å². The fourth-order valence-electron chi connectivity index (χ4n) is 2.12. The average Bonchev–Trinajstić information content (AvgIpc) is 2.38. The van der Waals surface area contributed by atoms with E-state index in [-0.39, 0.29) is 12.5 Å². The number of carbonyl (C=O) groups is 1. The van der Waals surface area contributed by atoms with Gasteiger partial charge >= 0.3 is 0 Å². The molecule has 0 N–H and O–H groups in total. The van der Waals surface area contributed by atoms with Crippen LogP contribution in [0.25, 0.3) is 0 Å². The summed E-state index contributed by atoms with van der Waals surface area (Å²) < 4.78 is 5.45. The number of anilines is 1. The van der Waals surface area contributed by atoms with Crippen molar-refractivity contribution in [1.82, 2.24) is 0 Å². The molecule has 1 aromatic carbocycles. The van der Waals surface area contributed by atoms with Crippen LogP contribution >= 0.6 is 15.9 Å². The Morgan fingerprint density at radius 1 is 1.44 bits per heavy atom. The molecule has 2 rings (SSSR count). The van der Waals surface area contributed by atoms with Crippen LogP contribution in [0.3, 0.4) is 0 Å². The molecule has 0 saturated carbocycles. The number of alkyl halides is 1. The Morgan fingerprint density at radius 3 is 2.89 bits per heavy atom. The molecule has 0 fully saturated rings. The molecule has 3 nitrogen and oxygen atoms in total. The zero-order valence-electron chi connectivity index (χ0n) is 10.8. The van der Waals surface area contributed by atoms with Crippen molar-refractivity contribution < 1.29 is 9.53 Å². The summed E-state index contributed by atoms with van der Waals surface area (Å²) in [7, 11) is 0. The first-order chi connectivity index (χ1) is 8.65. The molecule has 1 atom stereocenters.